The zero-order chi connectivity index (χ0) is 5.98. The molecule has 43 valence electrons. The van der Waals surface area contributed by atoms with E-state index in [0.717, 1.165) is 0 Å². The van der Waals surface area contributed by atoms with Gasteiger partial charge in [0.05, 0.1) is 5.75 Å². The van der Waals surface area contributed by atoms with E-state index in [2.05, 4.69) is 10.5 Å². The van der Waals surface area contributed by atoms with Gasteiger partial charge in [0.25, 0.3) is 0 Å². The van der Waals surface area contributed by atoms with Gasteiger partial charge in [-0.3, -0.25) is 10.1 Å². The third-order valence-electron chi connectivity index (χ3n) is 0.742. The third-order valence-corrected chi connectivity index (χ3v) is 1.44. The second-order valence-electron chi connectivity index (χ2n) is 1.30. The Morgan fingerprint density at radius 1 is 2.00 bits per heavy atom. The summed E-state index contributed by atoms with van der Waals surface area (Å²) in [5.74, 6) is 0.438. The fraction of sp³-hybridized carbons (Fsp3) is 0.667. The van der Waals surface area contributed by atoms with Gasteiger partial charge >= 0.3 is 6.17 Å². The molecule has 0 amide bonds. The van der Waals surface area contributed by atoms with Gasteiger partial charge in [0.15, 0.2) is 0 Å². The topological polar surface area (TPSA) is 55.5 Å². The van der Waals surface area contributed by atoms with Gasteiger partial charge in [-0.25, -0.2) is 4.99 Å². The van der Waals surface area contributed by atoms with Crippen molar-refractivity contribution in [3.63, 3.8) is 0 Å². The molecule has 0 saturated carbocycles. The monoisotopic (exact) mass is 131 g/mol. The maximum Gasteiger partial charge on any atom is 0.314 e. The minimum absolute atomic E-state index is 0.410. The van der Waals surface area contributed by atoms with E-state index >= 15 is 0 Å². The van der Waals surface area contributed by atoms with Crippen LogP contribution < -0.4 is 0 Å². The molecule has 1 atom stereocenters. The summed E-state index contributed by atoms with van der Waals surface area (Å²) < 4.78 is 0. The highest BCUT2D eigenvalue weighted by Gasteiger charge is 2.21. The van der Waals surface area contributed by atoms with E-state index in [4.69, 9.17) is 0 Å². The van der Waals surface area contributed by atoms with Crippen LogP contribution in [0.5, 0.6) is 0 Å². The van der Waals surface area contributed by atoms with Crippen molar-refractivity contribution in [2.75, 3.05) is 5.75 Å². The van der Waals surface area contributed by atoms with Crippen molar-refractivity contribution in [1.29, 1.82) is 0 Å². The Bertz CT molecular complexity index is 135. The summed E-state index contributed by atoms with van der Waals surface area (Å²) in [5.41, 5.74) is 2.45. The van der Waals surface area contributed by atoms with Crippen molar-refractivity contribution in [2.24, 2.45) is 4.99 Å². The first-order valence-electron chi connectivity index (χ1n) is 2.01. The Morgan fingerprint density at radius 2 is 2.75 bits per heavy atom. The van der Waals surface area contributed by atoms with Crippen LogP contribution in [0, 0.1) is 10.1 Å². The van der Waals surface area contributed by atoms with Gasteiger partial charge in [0.1, 0.15) is 5.55 Å². The number of aliphatic imine (C=N–C) groups is 1. The SMILES string of the molecule is O=[N+]([O-])C1CS[C]=N1. The summed E-state index contributed by atoms with van der Waals surface area (Å²) in [5, 5.41) is 9.86. The number of rotatable bonds is 1. The van der Waals surface area contributed by atoms with Crippen molar-refractivity contribution in [3.05, 3.63) is 10.1 Å². The first-order valence-corrected chi connectivity index (χ1v) is 2.99. The summed E-state index contributed by atoms with van der Waals surface area (Å²) in [6.45, 7) is 0. The largest absolute Gasteiger partial charge is 0.314 e. The summed E-state index contributed by atoms with van der Waals surface area (Å²) in [4.78, 5) is 12.9. The zero-order valence-electron chi connectivity index (χ0n) is 3.90. The van der Waals surface area contributed by atoms with Gasteiger partial charge in [-0.15, -0.1) is 0 Å². The Kier molecular flexibility index (Phi) is 1.48. The Morgan fingerprint density at radius 3 is 3.00 bits per heavy atom. The highest BCUT2D eigenvalue weighted by atomic mass is 32.2. The molecule has 1 radical (unpaired) electrons. The van der Waals surface area contributed by atoms with Crippen LogP contribution in [-0.4, -0.2) is 22.4 Å². The lowest BCUT2D eigenvalue weighted by Gasteiger charge is -1.91. The molecule has 0 aromatic rings. The average molecular weight is 131 g/mol. The summed E-state index contributed by atoms with van der Waals surface area (Å²) in [7, 11) is 0. The lowest BCUT2D eigenvalue weighted by molar-refractivity contribution is -0.513. The lowest BCUT2D eigenvalue weighted by Crippen LogP contribution is -2.15. The van der Waals surface area contributed by atoms with Crippen LogP contribution in [0.15, 0.2) is 4.99 Å². The Labute approximate surface area is 50.1 Å². The normalized spacial score (nSPS) is 26.2. The van der Waals surface area contributed by atoms with Crippen LogP contribution in [0.25, 0.3) is 0 Å². The molecule has 0 N–H and O–H groups in total. The molecule has 5 heteroatoms. The van der Waals surface area contributed by atoms with E-state index in [1.54, 1.807) is 0 Å². The van der Waals surface area contributed by atoms with E-state index < -0.39 is 11.1 Å². The van der Waals surface area contributed by atoms with Crippen LogP contribution in [0.1, 0.15) is 0 Å². The molecule has 1 aliphatic rings. The quantitative estimate of drug-likeness (QED) is 0.378. The minimum Gasteiger partial charge on any atom is -0.262 e. The molecule has 1 heterocycles. The first-order chi connectivity index (χ1) is 3.80. The fourth-order valence-corrected chi connectivity index (χ4v) is 0.971. The van der Waals surface area contributed by atoms with Gasteiger partial charge in [-0.1, -0.05) is 11.8 Å². The van der Waals surface area contributed by atoms with E-state index in [1.807, 2.05) is 0 Å². The van der Waals surface area contributed by atoms with E-state index in [9.17, 15) is 10.1 Å². The predicted octanol–water partition coefficient (Wildman–Crippen LogP) is 0.241. The van der Waals surface area contributed by atoms with Crippen molar-refractivity contribution < 1.29 is 4.92 Å². The van der Waals surface area contributed by atoms with Crippen molar-refractivity contribution in [2.45, 2.75) is 6.17 Å². The van der Waals surface area contributed by atoms with Crippen molar-refractivity contribution >= 4 is 17.3 Å². The number of thioether (sulfide) groups is 1. The molecular weight excluding hydrogens is 128 g/mol. The average Bonchev–Trinajstić information content (AvgIpc) is 2.12. The van der Waals surface area contributed by atoms with Crippen molar-refractivity contribution in [1.82, 2.24) is 0 Å². The van der Waals surface area contributed by atoms with Gasteiger partial charge in [-0.05, 0) is 0 Å². The predicted molar refractivity (Wildman–Crippen MR) is 30.7 cm³/mol. The fourth-order valence-electron chi connectivity index (χ4n) is 0.355. The summed E-state index contributed by atoms with van der Waals surface area (Å²) in [6.07, 6.45) is -0.736. The van der Waals surface area contributed by atoms with E-state index in [-0.39, 0.29) is 0 Å². The van der Waals surface area contributed by atoms with Gasteiger partial charge in [-0.2, -0.15) is 0 Å². The molecule has 8 heavy (non-hydrogen) atoms. The maximum absolute atomic E-state index is 9.86. The maximum atomic E-state index is 9.86. The zero-order valence-corrected chi connectivity index (χ0v) is 4.72. The first kappa shape index (κ1) is 5.55. The molecule has 1 aliphatic heterocycles. The van der Waals surface area contributed by atoms with E-state index in [0.29, 0.717) is 5.75 Å². The molecule has 0 bridgehead atoms. The number of hydrogen-bond donors (Lipinski definition) is 0. The summed E-state index contributed by atoms with van der Waals surface area (Å²) >= 11 is 1.25. The standard InChI is InChI=1S/C3H3N2O2S/c6-5(7)3-1-8-2-4-3/h3H,1H2. The van der Waals surface area contributed by atoms with Crippen LogP contribution in [0.4, 0.5) is 0 Å². The van der Waals surface area contributed by atoms with Gasteiger partial charge in [0.2, 0.25) is 0 Å². The van der Waals surface area contributed by atoms with Crippen LogP contribution in [0.3, 0.4) is 0 Å². The summed E-state index contributed by atoms with van der Waals surface area (Å²) in [6, 6.07) is 0. The molecule has 0 spiro atoms. The Hall–Kier alpha value is -0.580. The van der Waals surface area contributed by atoms with Gasteiger partial charge in [0, 0.05) is 4.92 Å². The van der Waals surface area contributed by atoms with Crippen LogP contribution in [-0.2, 0) is 0 Å². The van der Waals surface area contributed by atoms with Gasteiger partial charge < -0.3 is 0 Å². The molecule has 0 aromatic heterocycles. The molecule has 0 aliphatic carbocycles. The number of nitrogens with zero attached hydrogens (tertiary/aromatic N) is 2. The molecule has 1 unspecified atom stereocenters. The molecule has 0 saturated heterocycles. The Balaban J connectivity index is 2.48. The number of hydrogen-bond acceptors (Lipinski definition) is 4. The third kappa shape index (κ3) is 0.975. The lowest BCUT2D eigenvalue weighted by atomic mass is 10.6. The van der Waals surface area contributed by atoms with E-state index in [1.165, 1.54) is 11.8 Å². The smallest absolute Gasteiger partial charge is 0.262 e. The highest BCUT2D eigenvalue weighted by molar-refractivity contribution is 8.12. The highest BCUT2D eigenvalue weighted by Crippen LogP contribution is 2.10. The van der Waals surface area contributed by atoms with Crippen molar-refractivity contribution in [3.8, 4) is 0 Å². The second-order valence-corrected chi connectivity index (χ2v) is 2.10. The minimum atomic E-state index is -0.736. The number of nitro groups is 1. The molecule has 1 rings (SSSR count). The molecule has 0 fully saturated rings. The molecular formula is C3H3N2O2S. The molecule has 0 aromatic carbocycles. The van der Waals surface area contributed by atoms with Crippen LogP contribution >= 0.6 is 11.8 Å². The second kappa shape index (κ2) is 2.13. The van der Waals surface area contributed by atoms with Crippen LogP contribution in [0.2, 0.25) is 0 Å². The molecule has 4 nitrogen and oxygen atoms in total.